The van der Waals surface area contributed by atoms with Gasteiger partial charge in [0.05, 0.1) is 26.9 Å². The van der Waals surface area contributed by atoms with Gasteiger partial charge in [-0.05, 0) is 24.6 Å². The van der Waals surface area contributed by atoms with Crippen molar-refractivity contribution in [1.29, 1.82) is 0 Å². The first-order chi connectivity index (χ1) is 15.5. The normalized spacial score (nSPS) is 21.1. The maximum Gasteiger partial charge on any atom is 0.174 e. The van der Waals surface area contributed by atoms with E-state index in [1.54, 1.807) is 27.4 Å². The van der Waals surface area contributed by atoms with Crippen molar-refractivity contribution in [3.8, 4) is 23.0 Å². The van der Waals surface area contributed by atoms with Gasteiger partial charge in [-0.1, -0.05) is 42.5 Å². The van der Waals surface area contributed by atoms with Gasteiger partial charge in [-0.15, -0.1) is 0 Å². The van der Waals surface area contributed by atoms with Crippen LogP contribution >= 0.6 is 0 Å². The fraction of sp³-hybridized carbons (Fsp3) is 0.222. The Morgan fingerprint density at radius 1 is 0.844 bits per heavy atom. The Hall–Kier alpha value is -3.73. The van der Waals surface area contributed by atoms with Crippen molar-refractivity contribution >= 4 is 11.4 Å². The number of allylic oxidation sites excluding steroid dienone is 1. The molecular weight excluding hydrogens is 404 g/mol. The van der Waals surface area contributed by atoms with E-state index in [1.807, 2.05) is 67.6 Å². The van der Waals surface area contributed by atoms with Crippen molar-refractivity contribution < 1.29 is 23.7 Å². The van der Waals surface area contributed by atoms with Crippen molar-refractivity contribution in [3.05, 3.63) is 89.0 Å². The Kier molecular flexibility index (Phi) is 4.70. The summed E-state index contributed by atoms with van der Waals surface area (Å²) in [5, 5.41) is 0. The molecule has 32 heavy (non-hydrogen) atoms. The van der Waals surface area contributed by atoms with Crippen LogP contribution in [0.2, 0.25) is 0 Å². The van der Waals surface area contributed by atoms with Crippen LogP contribution in [0.3, 0.4) is 0 Å². The molecule has 0 radical (unpaired) electrons. The Morgan fingerprint density at radius 3 is 2.16 bits per heavy atom. The number of ketones is 1. The van der Waals surface area contributed by atoms with E-state index in [0.29, 0.717) is 22.8 Å². The molecule has 0 amide bonds. The molecule has 0 saturated heterocycles. The minimum absolute atomic E-state index is 0.0295. The standard InChI is InChI=1S/C27H24O5/c1-16-24(17-8-6-5-7-9-17)27(18-10-12-19(29-2)13-11-18)25(26(16)28)23-21(31-4)14-20(30-3)15-22(23)32-27/h5-15,25H,1-4H3/t25-,27+/m0/s1. The lowest BCUT2D eigenvalue weighted by atomic mass is 9.75. The first-order valence-electron chi connectivity index (χ1n) is 10.5. The van der Waals surface area contributed by atoms with Gasteiger partial charge in [0.2, 0.25) is 0 Å². The maximum absolute atomic E-state index is 13.8. The lowest BCUT2D eigenvalue weighted by molar-refractivity contribution is -0.118. The van der Waals surface area contributed by atoms with E-state index < -0.39 is 11.5 Å². The van der Waals surface area contributed by atoms with E-state index >= 15 is 0 Å². The average molecular weight is 428 g/mol. The van der Waals surface area contributed by atoms with Gasteiger partial charge in [-0.3, -0.25) is 4.79 Å². The number of carbonyl (C=O) groups is 1. The summed E-state index contributed by atoms with van der Waals surface area (Å²) in [4.78, 5) is 13.8. The van der Waals surface area contributed by atoms with E-state index in [2.05, 4.69) is 0 Å². The van der Waals surface area contributed by atoms with Crippen LogP contribution in [0.1, 0.15) is 29.5 Å². The number of hydrogen-bond acceptors (Lipinski definition) is 5. The molecule has 0 aromatic heterocycles. The summed E-state index contributed by atoms with van der Waals surface area (Å²) in [6, 6.07) is 21.3. The van der Waals surface area contributed by atoms with Crippen LogP contribution in [-0.4, -0.2) is 27.1 Å². The summed E-state index contributed by atoms with van der Waals surface area (Å²) in [5.74, 6) is 1.98. The third kappa shape index (κ3) is 2.67. The molecule has 2 aliphatic rings. The molecule has 3 aromatic carbocycles. The summed E-state index contributed by atoms with van der Waals surface area (Å²) in [7, 11) is 4.83. The van der Waals surface area contributed by atoms with Gasteiger partial charge in [-0.25, -0.2) is 0 Å². The van der Waals surface area contributed by atoms with Crippen molar-refractivity contribution in [1.82, 2.24) is 0 Å². The molecule has 5 nitrogen and oxygen atoms in total. The summed E-state index contributed by atoms with van der Waals surface area (Å²) in [6.45, 7) is 1.88. The molecule has 0 fully saturated rings. The molecule has 0 N–H and O–H groups in total. The van der Waals surface area contributed by atoms with Gasteiger partial charge in [0.25, 0.3) is 0 Å². The second-order valence-corrected chi connectivity index (χ2v) is 7.97. The zero-order chi connectivity index (χ0) is 22.5. The van der Waals surface area contributed by atoms with Gasteiger partial charge >= 0.3 is 0 Å². The predicted octanol–water partition coefficient (Wildman–Crippen LogP) is 5.14. The van der Waals surface area contributed by atoms with Crippen LogP contribution in [0, 0.1) is 0 Å². The number of benzene rings is 3. The van der Waals surface area contributed by atoms with Crippen LogP contribution in [0.25, 0.3) is 5.57 Å². The first kappa shape index (κ1) is 20.2. The van der Waals surface area contributed by atoms with Crippen molar-refractivity contribution in [2.24, 2.45) is 0 Å². The number of rotatable bonds is 5. The molecule has 0 spiro atoms. The number of fused-ring (bicyclic) bond motifs is 3. The fourth-order valence-electron chi connectivity index (χ4n) is 5.04. The SMILES string of the molecule is COc1ccc([C@]23Oc4cc(OC)cc(OC)c4[C@H]2C(=O)C(C)=C3c2ccccc2)cc1. The van der Waals surface area contributed by atoms with E-state index in [1.165, 1.54) is 0 Å². The number of ether oxygens (including phenoxy) is 4. The van der Waals surface area contributed by atoms with Crippen molar-refractivity contribution in [2.75, 3.05) is 21.3 Å². The number of carbonyl (C=O) groups excluding carboxylic acids is 1. The minimum Gasteiger partial charge on any atom is -0.497 e. The van der Waals surface area contributed by atoms with Gasteiger partial charge in [0, 0.05) is 28.8 Å². The molecule has 3 aromatic rings. The molecule has 5 rings (SSSR count). The molecule has 0 unspecified atom stereocenters. The molecule has 0 bridgehead atoms. The van der Waals surface area contributed by atoms with Gasteiger partial charge in [0.15, 0.2) is 11.4 Å². The molecule has 162 valence electrons. The zero-order valence-corrected chi connectivity index (χ0v) is 18.5. The molecular formula is C27H24O5. The maximum atomic E-state index is 13.8. The third-order valence-electron chi connectivity index (χ3n) is 6.46. The number of methoxy groups -OCH3 is 3. The molecule has 1 aliphatic heterocycles. The van der Waals surface area contributed by atoms with Crippen LogP contribution in [0.4, 0.5) is 0 Å². The predicted molar refractivity (Wildman–Crippen MR) is 122 cm³/mol. The van der Waals surface area contributed by atoms with Gasteiger partial charge < -0.3 is 18.9 Å². The molecule has 5 heteroatoms. The second-order valence-electron chi connectivity index (χ2n) is 7.97. The zero-order valence-electron chi connectivity index (χ0n) is 18.5. The lowest BCUT2D eigenvalue weighted by Gasteiger charge is -2.33. The quantitative estimate of drug-likeness (QED) is 0.563. The largest absolute Gasteiger partial charge is 0.497 e. The van der Waals surface area contributed by atoms with Crippen molar-refractivity contribution in [2.45, 2.75) is 18.4 Å². The van der Waals surface area contributed by atoms with Crippen LogP contribution in [0.15, 0.2) is 72.3 Å². The third-order valence-corrected chi connectivity index (χ3v) is 6.46. The summed E-state index contributed by atoms with van der Waals surface area (Å²) in [5.41, 5.74) is 3.13. The number of Topliss-reactive ketones (excluding diaryl/α,β-unsaturated/α-hetero) is 1. The highest BCUT2D eigenvalue weighted by molar-refractivity contribution is 6.15. The van der Waals surface area contributed by atoms with E-state index in [-0.39, 0.29) is 5.78 Å². The van der Waals surface area contributed by atoms with Crippen LogP contribution < -0.4 is 18.9 Å². The molecule has 2 atom stereocenters. The van der Waals surface area contributed by atoms with E-state index in [4.69, 9.17) is 18.9 Å². The smallest absolute Gasteiger partial charge is 0.174 e. The fourth-order valence-corrected chi connectivity index (χ4v) is 5.04. The lowest BCUT2D eigenvalue weighted by Crippen LogP contribution is -2.35. The average Bonchev–Trinajstić information content (AvgIpc) is 3.29. The summed E-state index contributed by atoms with van der Waals surface area (Å²) < 4.78 is 23.3. The summed E-state index contributed by atoms with van der Waals surface area (Å²) >= 11 is 0. The van der Waals surface area contributed by atoms with Crippen LogP contribution in [-0.2, 0) is 10.4 Å². The minimum atomic E-state index is -1.02. The van der Waals surface area contributed by atoms with E-state index in [9.17, 15) is 4.79 Å². The Balaban J connectivity index is 1.82. The molecule has 1 aliphatic carbocycles. The molecule has 1 heterocycles. The Bertz CT molecular complexity index is 1230. The van der Waals surface area contributed by atoms with Gasteiger partial charge in [-0.2, -0.15) is 0 Å². The molecule has 0 saturated carbocycles. The van der Waals surface area contributed by atoms with Gasteiger partial charge in [0.1, 0.15) is 28.9 Å². The van der Waals surface area contributed by atoms with E-state index in [0.717, 1.165) is 28.0 Å². The number of hydrogen-bond donors (Lipinski definition) is 0. The first-order valence-corrected chi connectivity index (χ1v) is 10.5. The van der Waals surface area contributed by atoms with Crippen LogP contribution in [0.5, 0.6) is 23.0 Å². The Labute approximate surface area is 187 Å². The monoisotopic (exact) mass is 428 g/mol. The second kappa shape index (κ2) is 7.45. The van der Waals surface area contributed by atoms with Crippen molar-refractivity contribution in [3.63, 3.8) is 0 Å². The highest BCUT2D eigenvalue weighted by Gasteiger charge is 2.62. The highest BCUT2D eigenvalue weighted by Crippen LogP contribution is 2.64. The summed E-state index contributed by atoms with van der Waals surface area (Å²) in [6.07, 6.45) is 0. The Morgan fingerprint density at radius 2 is 1.53 bits per heavy atom. The highest BCUT2D eigenvalue weighted by atomic mass is 16.5. The topological polar surface area (TPSA) is 54.0 Å².